The van der Waals surface area contributed by atoms with Gasteiger partial charge in [0.05, 0.1) is 12.7 Å². The van der Waals surface area contributed by atoms with Gasteiger partial charge in [0.25, 0.3) is 0 Å². The van der Waals surface area contributed by atoms with Gasteiger partial charge in [-0.15, -0.1) is 0 Å². The zero-order valence-electron chi connectivity index (χ0n) is 15.4. The van der Waals surface area contributed by atoms with E-state index in [2.05, 4.69) is 33.0 Å². The van der Waals surface area contributed by atoms with Crippen molar-refractivity contribution >= 4 is 17.6 Å². The molecule has 1 fully saturated rings. The molecule has 0 saturated heterocycles. The van der Waals surface area contributed by atoms with Gasteiger partial charge in [-0.05, 0) is 54.7 Å². The topological polar surface area (TPSA) is 55.4 Å². The van der Waals surface area contributed by atoms with Crippen molar-refractivity contribution in [1.29, 1.82) is 0 Å². The van der Waals surface area contributed by atoms with Gasteiger partial charge in [0.15, 0.2) is 0 Å². The molecule has 24 heavy (non-hydrogen) atoms. The van der Waals surface area contributed by atoms with E-state index in [1.807, 2.05) is 6.07 Å². The number of amides is 1. The first-order valence-electron chi connectivity index (χ1n) is 8.73. The molecular formula is C20H29NO3. The van der Waals surface area contributed by atoms with Crippen LogP contribution in [0.4, 0.5) is 5.69 Å². The smallest absolute Gasteiger partial charge is 0.337 e. The number of anilines is 1. The van der Waals surface area contributed by atoms with Gasteiger partial charge in [0, 0.05) is 11.6 Å². The molecule has 1 aromatic rings. The van der Waals surface area contributed by atoms with E-state index in [-0.39, 0.29) is 17.2 Å². The van der Waals surface area contributed by atoms with E-state index in [0.29, 0.717) is 23.1 Å². The number of nitrogens with one attached hydrogen (secondary N) is 1. The van der Waals surface area contributed by atoms with Crippen LogP contribution in [0.5, 0.6) is 0 Å². The second kappa shape index (κ2) is 7.37. The van der Waals surface area contributed by atoms with Crippen LogP contribution < -0.4 is 5.32 Å². The summed E-state index contributed by atoms with van der Waals surface area (Å²) in [5.74, 6) is 0.559. The highest BCUT2D eigenvalue weighted by Gasteiger charge is 2.39. The normalized spacial score (nSPS) is 22.9. The molecule has 0 bridgehead atoms. The third-order valence-electron chi connectivity index (χ3n) is 5.19. The molecule has 0 aliphatic heterocycles. The number of carbonyl (C=O) groups is 2. The molecule has 1 amide bonds. The van der Waals surface area contributed by atoms with E-state index in [0.717, 1.165) is 19.3 Å². The van der Waals surface area contributed by atoms with E-state index < -0.39 is 5.97 Å². The minimum atomic E-state index is -0.398. The molecule has 0 heterocycles. The molecule has 1 aromatic carbocycles. The van der Waals surface area contributed by atoms with E-state index in [4.69, 9.17) is 4.74 Å². The lowest BCUT2D eigenvalue weighted by Crippen LogP contribution is -2.39. The van der Waals surface area contributed by atoms with Gasteiger partial charge >= 0.3 is 5.97 Å². The molecule has 0 aromatic heterocycles. The third kappa shape index (κ3) is 4.37. The number of rotatable bonds is 4. The minimum Gasteiger partial charge on any atom is -0.465 e. The summed E-state index contributed by atoms with van der Waals surface area (Å²) in [5, 5.41) is 3.01. The van der Waals surface area contributed by atoms with E-state index in [1.54, 1.807) is 18.2 Å². The van der Waals surface area contributed by atoms with Gasteiger partial charge in [0.2, 0.25) is 5.91 Å². The van der Waals surface area contributed by atoms with E-state index in [1.165, 1.54) is 7.11 Å². The number of ether oxygens (including phenoxy) is 1. The summed E-state index contributed by atoms with van der Waals surface area (Å²) in [4.78, 5) is 24.5. The summed E-state index contributed by atoms with van der Waals surface area (Å²) in [6.45, 7) is 8.87. The van der Waals surface area contributed by atoms with Gasteiger partial charge in [-0.25, -0.2) is 4.79 Å². The fraction of sp³-hybridized carbons (Fsp3) is 0.600. The maximum Gasteiger partial charge on any atom is 0.337 e. The number of esters is 1. The van der Waals surface area contributed by atoms with Crippen molar-refractivity contribution < 1.29 is 14.3 Å². The Morgan fingerprint density at radius 2 is 2.00 bits per heavy atom. The maximum atomic E-state index is 12.9. The van der Waals surface area contributed by atoms with E-state index >= 15 is 0 Å². The third-order valence-corrected chi connectivity index (χ3v) is 5.19. The summed E-state index contributed by atoms with van der Waals surface area (Å²) in [5.41, 5.74) is 1.29. The van der Waals surface area contributed by atoms with Crippen molar-refractivity contribution in [2.75, 3.05) is 12.4 Å². The average Bonchev–Trinajstić information content (AvgIpc) is 2.53. The SMILES string of the molecule is COC(=O)c1cccc(NC(=O)C2CC(C)(C)CCC2C(C)C)c1. The summed E-state index contributed by atoms with van der Waals surface area (Å²) < 4.78 is 4.74. The highest BCUT2D eigenvalue weighted by molar-refractivity contribution is 5.95. The maximum absolute atomic E-state index is 12.9. The number of hydrogen-bond acceptors (Lipinski definition) is 3. The van der Waals surface area contributed by atoms with Crippen LogP contribution in [0.1, 0.15) is 57.3 Å². The Balaban J connectivity index is 2.16. The number of carbonyl (C=O) groups excluding carboxylic acids is 2. The monoisotopic (exact) mass is 331 g/mol. The van der Waals surface area contributed by atoms with Crippen molar-refractivity contribution in [3.05, 3.63) is 29.8 Å². The molecule has 0 spiro atoms. The molecule has 1 N–H and O–H groups in total. The predicted molar refractivity (Wildman–Crippen MR) is 95.9 cm³/mol. The van der Waals surface area contributed by atoms with Crippen molar-refractivity contribution in [2.24, 2.45) is 23.2 Å². The predicted octanol–water partition coefficient (Wildman–Crippen LogP) is 4.51. The Morgan fingerprint density at radius 3 is 2.62 bits per heavy atom. The minimum absolute atomic E-state index is 0.00975. The Bertz CT molecular complexity index is 607. The number of benzene rings is 1. The molecule has 4 heteroatoms. The summed E-state index contributed by atoms with van der Waals surface area (Å²) in [6.07, 6.45) is 3.15. The lowest BCUT2D eigenvalue weighted by molar-refractivity contribution is -0.125. The first-order valence-corrected chi connectivity index (χ1v) is 8.73. The molecule has 1 aliphatic carbocycles. The standard InChI is InChI=1S/C20H29NO3/c1-13(2)16-9-10-20(3,4)12-17(16)18(22)21-15-8-6-7-14(11-15)19(23)24-5/h6-8,11,13,16-17H,9-10,12H2,1-5H3,(H,21,22). The van der Waals surface area contributed by atoms with Crippen LogP contribution >= 0.6 is 0 Å². The lowest BCUT2D eigenvalue weighted by Gasteiger charge is -2.41. The van der Waals surface area contributed by atoms with Gasteiger partial charge < -0.3 is 10.1 Å². The Hall–Kier alpha value is -1.84. The second-order valence-corrected chi connectivity index (χ2v) is 7.98. The molecule has 2 atom stereocenters. The zero-order valence-corrected chi connectivity index (χ0v) is 15.4. The quantitative estimate of drug-likeness (QED) is 0.826. The average molecular weight is 331 g/mol. The molecule has 2 unspecified atom stereocenters. The van der Waals surface area contributed by atoms with Crippen LogP contribution in [-0.2, 0) is 9.53 Å². The largest absolute Gasteiger partial charge is 0.465 e. The van der Waals surface area contributed by atoms with Crippen LogP contribution in [0.3, 0.4) is 0 Å². The van der Waals surface area contributed by atoms with Gasteiger partial charge in [0.1, 0.15) is 0 Å². The summed E-state index contributed by atoms with van der Waals surface area (Å²) in [6, 6.07) is 6.92. The van der Waals surface area contributed by atoms with Crippen LogP contribution in [0, 0.1) is 23.2 Å². The summed E-state index contributed by atoms with van der Waals surface area (Å²) in [7, 11) is 1.35. The Morgan fingerprint density at radius 1 is 1.29 bits per heavy atom. The zero-order chi connectivity index (χ0) is 17.9. The van der Waals surface area contributed by atoms with Gasteiger partial charge in [-0.2, -0.15) is 0 Å². The lowest BCUT2D eigenvalue weighted by atomic mass is 9.64. The number of hydrogen-bond donors (Lipinski definition) is 1. The highest BCUT2D eigenvalue weighted by Crippen LogP contribution is 2.44. The Kier molecular flexibility index (Phi) is 5.68. The Labute approximate surface area is 145 Å². The molecule has 132 valence electrons. The summed E-state index contributed by atoms with van der Waals surface area (Å²) >= 11 is 0. The van der Waals surface area contributed by atoms with Crippen molar-refractivity contribution in [3.8, 4) is 0 Å². The van der Waals surface area contributed by atoms with Crippen molar-refractivity contribution in [2.45, 2.75) is 47.0 Å². The number of methoxy groups -OCH3 is 1. The van der Waals surface area contributed by atoms with Gasteiger partial charge in [-0.1, -0.05) is 33.8 Å². The van der Waals surface area contributed by atoms with Crippen LogP contribution in [0.15, 0.2) is 24.3 Å². The fourth-order valence-electron chi connectivity index (χ4n) is 3.77. The van der Waals surface area contributed by atoms with Crippen LogP contribution in [-0.4, -0.2) is 19.0 Å². The van der Waals surface area contributed by atoms with Crippen LogP contribution in [0.25, 0.3) is 0 Å². The molecule has 2 rings (SSSR count). The van der Waals surface area contributed by atoms with Crippen molar-refractivity contribution in [1.82, 2.24) is 0 Å². The highest BCUT2D eigenvalue weighted by atomic mass is 16.5. The fourth-order valence-corrected chi connectivity index (χ4v) is 3.77. The molecular weight excluding hydrogens is 302 g/mol. The first kappa shape index (κ1) is 18.5. The molecule has 1 saturated carbocycles. The molecule has 1 aliphatic rings. The first-order chi connectivity index (χ1) is 11.2. The molecule has 0 radical (unpaired) electrons. The molecule has 4 nitrogen and oxygen atoms in total. The van der Waals surface area contributed by atoms with Gasteiger partial charge in [-0.3, -0.25) is 4.79 Å². The second-order valence-electron chi connectivity index (χ2n) is 7.98. The van der Waals surface area contributed by atoms with Crippen molar-refractivity contribution in [3.63, 3.8) is 0 Å². The van der Waals surface area contributed by atoms with E-state index in [9.17, 15) is 9.59 Å². The van der Waals surface area contributed by atoms with Crippen LogP contribution in [0.2, 0.25) is 0 Å².